The summed E-state index contributed by atoms with van der Waals surface area (Å²) in [6.45, 7) is 0.743. The van der Waals surface area contributed by atoms with Gasteiger partial charge in [-0.25, -0.2) is 9.97 Å². The molecule has 1 N–H and O–H groups in total. The van der Waals surface area contributed by atoms with E-state index in [1.807, 2.05) is 30.7 Å². The molecule has 0 radical (unpaired) electrons. The maximum absolute atomic E-state index is 5.21. The Hall–Kier alpha value is -8.87. The number of hydrogen-bond acceptors (Lipinski definition) is 4. The highest BCUT2D eigenvalue weighted by atomic mass is 15.0. The average Bonchev–Trinajstić information content (AvgIpc) is 3.94. The summed E-state index contributed by atoms with van der Waals surface area (Å²) >= 11 is 0. The van der Waals surface area contributed by atoms with Gasteiger partial charge in [0, 0.05) is 68.9 Å². The third-order valence-electron chi connectivity index (χ3n) is 13.6. The molecule has 13 rings (SSSR count). The van der Waals surface area contributed by atoms with Gasteiger partial charge in [0.05, 0.1) is 33.5 Å². The highest BCUT2D eigenvalue weighted by Gasteiger charge is 2.22. The van der Waals surface area contributed by atoms with E-state index in [9.17, 15) is 0 Å². The molecule has 1 unspecified atom stereocenters. The predicted octanol–water partition coefficient (Wildman–Crippen LogP) is 14.7. The number of para-hydroxylation sites is 2. The van der Waals surface area contributed by atoms with Gasteiger partial charge in [0.1, 0.15) is 0 Å². The van der Waals surface area contributed by atoms with Crippen LogP contribution in [-0.4, -0.2) is 30.6 Å². The number of rotatable bonds is 8. The first-order valence-electron chi connectivity index (χ1n) is 23.3. The van der Waals surface area contributed by atoms with Crippen LogP contribution in [0.2, 0.25) is 0 Å². The lowest BCUT2D eigenvalue weighted by molar-refractivity contribution is 0.807. The van der Waals surface area contributed by atoms with E-state index in [4.69, 9.17) is 9.97 Å². The number of nitrogens with one attached hydrogen (secondary N) is 1. The Kier molecular flexibility index (Phi) is 9.60. The molecule has 7 aromatic carbocycles. The van der Waals surface area contributed by atoms with E-state index in [1.165, 1.54) is 71.4 Å². The molecule has 0 fully saturated rings. The van der Waals surface area contributed by atoms with Gasteiger partial charge in [-0.3, -0.25) is 4.98 Å². The molecule has 0 saturated heterocycles. The molecule has 1 aliphatic heterocycles. The van der Waals surface area contributed by atoms with Crippen LogP contribution in [0.15, 0.2) is 231 Å². The fourth-order valence-electron chi connectivity index (χ4n) is 10.3. The molecule has 6 heteroatoms. The van der Waals surface area contributed by atoms with Crippen molar-refractivity contribution in [3.05, 3.63) is 248 Å². The van der Waals surface area contributed by atoms with E-state index >= 15 is 0 Å². The maximum atomic E-state index is 5.21. The second-order valence-electron chi connectivity index (χ2n) is 17.6. The summed E-state index contributed by atoms with van der Waals surface area (Å²) in [4.78, 5) is 14.5. The quantitative estimate of drug-likeness (QED) is 0.165. The Morgan fingerprint density at radius 3 is 1.60 bits per heavy atom. The molecule has 322 valence electrons. The maximum Gasteiger partial charge on any atom is 0.159 e. The largest absolute Gasteiger partial charge is 0.387 e. The van der Waals surface area contributed by atoms with Gasteiger partial charge < -0.3 is 14.5 Å². The molecule has 6 nitrogen and oxygen atoms in total. The molecule has 11 aromatic rings. The summed E-state index contributed by atoms with van der Waals surface area (Å²) in [5.74, 6) is 0.805. The minimum absolute atomic E-state index is 0.0716. The van der Waals surface area contributed by atoms with Crippen LogP contribution in [0.5, 0.6) is 0 Å². The van der Waals surface area contributed by atoms with Gasteiger partial charge in [-0.05, 0) is 125 Å². The van der Waals surface area contributed by atoms with Crippen molar-refractivity contribution >= 4 is 54.8 Å². The molecular weight excluding hydrogens is 829 g/mol. The molecule has 4 aromatic heterocycles. The van der Waals surface area contributed by atoms with Gasteiger partial charge in [0.15, 0.2) is 5.82 Å². The number of benzene rings is 7. The third kappa shape index (κ3) is 6.93. The second-order valence-corrected chi connectivity index (χ2v) is 17.6. The lowest BCUT2D eigenvalue weighted by Gasteiger charge is -2.20. The van der Waals surface area contributed by atoms with E-state index in [0.29, 0.717) is 0 Å². The monoisotopic (exact) mass is 872 g/mol. The smallest absolute Gasteiger partial charge is 0.159 e. The number of hydrogen-bond donors (Lipinski definition) is 1. The number of pyridine rings is 1. The highest BCUT2D eigenvalue weighted by Crippen LogP contribution is 2.41. The highest BCUT2D eigenvalue weighted by molar-refractivity contribution is 6.12. The SMILES string of the molecule is C1=CC(c2nc(-c3ccncc3)cc(C3C=CC(c4cc(-n5c6ccccc6c6cc(-c7ccccc7)ccc65)cc(-n5c6ccccc6c6cc(-c7ccccc7)ccc65)c4)=CC3)n2)=CCN1. The standard InChI is InChI=1S/C62H44N6/c1-3-11-41(12-4-1)47-23-25-60-54(37-47)52-15-7-9-17-58(52)67(60)50-35-49(36-51(39-50)68-59-18-10-8-16-53(59)55-38-48(24-26-61(55)68)42-13-5-2-6-14-42)43-19-21-44(22-20-43)56-40-57(45-27-31-63-32-28-45)66-62(65-56)46-29-33-64-34-30-46/h1-21,23-33,35-40,44,64H,22,34H2. The van der Waals surface area contributed by atoms with Crippen LogP contribution >= 0.6 is 0 Å². The fourth-order valence-corrected chi connectivity index (χ4v) is 10.3. The van der Waals surface area contributed by atoms with Crippen LogP contribution in [0.25, 0.3) is 99.6 Å². The lowest BCUT2D eigenvalue weighted by Crippen LogP contribution is -2.11. The Bertz CT molecular complexity index is 3700. The van der Waals surface area contributed by atoms with Crippen LogP contribution in [0.1, 0.15) is 29.4 Å². The van der Waals surface area contributed by atoms with Crippen molar-refractivity contribution < 1.29 is 0 Å². The van der Waals surface area contributed by atoms with Crippen LogP contribution in [0, 0.1) is 0 Å². The van der Waals surface area contributed by atoms with Crippen molar-refractivity contribution in [2.75, 3.05) is 6.54 Å². The Morgan fingerprint density at radius 1 is 0.441 bits per heavy atom. The van der Waals surface area contributed by atoms with Crippen molar-refractivity contribution in [2.45, 2.75) is 12.3 Å². The molecule has 2 aliphatic rings. The van der Waals surface area contributed by atoms with E-state index < -0.39 is 0 Å². The van der Waals surface area contributed by atoms with Gasteiger partial charge >= 0.3 is 0 Å². The summed E-state index contributed by atoms with van der Waals surface area (Å²) < 4.78 is 4.91. The predicted molar refractivity (Wildman–Crippen MR) is 281 cm³/mol. The minimum atomic E-state index is 0.0716. The fraction of sp³-hybridized carbons (Fsp3) is 0.0484. The van der Waals surface area contributed by atoms with Gasteiger partial charge in [-0.2, -0.15) is 0 Å². The lowest BCUT2D eigenvalue weighted by atomic mass is 9.90. The number of dihydropyridines is 1. The number of aromatic nitrogens is 5. The topological polar surface area (TPSA) is 60.6 Å². The van der Waals surface area contributed by atoms with Crippen molar-refractivity contribution in [3.8, 4) is 44.9 Å². The van der Waals surface area contributed by atoms with Crippen molar-refractivity contribution in [3.63, 3.8) is 0 Å². The minimum Gasteiger partial charge on any atom is -0.387 e. The molecule has 1 aliphatic carbocycles. The zero-order chi connectivity index (χ0) is 45.0. The molecule has 0 amide bonds. The van der Waals surface area contributed by atoms with E-state index in [-0.39, 0.29) is 5.92 Å². The Morgan fingerprint density at radius 2 is 1.03 bits per heavy atom. The zero-order valence-corrected chi connectivity index (χ0v) is 37.2. The van der Waals surface area contributed by atoms with Crippen molar-refractivity contribution in [1.29, 1.82) is 0 Å². The second kappa shape index (κ2) is 16.5. The van der Waals surface area contributed by atoms with Gasteiger partial charge in [0.25, 0.3) is 0 Å². The average molecular weight is 873 g/mol. The van der Waals surface area contributed by atoms with Crippen molar-refractivity contribution in [2.24, 2.45) is 0 Å². The molecule has 68 heavy (non-hydrogen) atoms. The molecular formula is C62H44N6. The van der Waals surface area contributed by atoms with Crippen LogP contribution < -0.4 is 5.32 Å². The van der Waals surface area contributed by atoms with E-state index in [0.717, 1.165) is 58.3 Å². The van der Waals surface area contributed by atoms with E-state index in [1.54, 1.807) is 0 Å². The molecule has 0 spiro atoms. The summed E-state index contributed by atoms with van der Waals surface area (Å²) in [6.07, 6.45) is 17.6. The summed E-state index contributed by atoms with van der Waals surface area (Å²) in [5.41, 5.74) is 18.0. The first-order chi connectivity index (χ1) is 33.7. The Labute approximate surface area is 394 Å². The van der Waals surface area contributed by atoms with Crippen LogP contribution in [0.4, 0.5) is 0 Å². The first kappa shape index (κ1) is 39.5. The number of allylic oxidation sites excluding steroid dienone is 6. The van der Waals surface area contributed by atoms with Gasteiger partial charge in [-0.1, -0.05) is 133 Å². The van der Waals surface area contributed by atoms with Crippen LogP contribution in [0.3, 0.4) is 0 Å². The normalized spacial score (nSPS) is 14.7. The van der Waals surface area contributed by atoms with E-state index in [2.05, 4.69) is 220 Å². The number of nitrogens with zero attached hydrogens (tertiary/aromatic N) is 5. The number of fused-ring (bicyclic) bond motifs is 6. The molecule has 0 bridgehead atoms. The summed E-state index contributed by atoms with van der Waals surface area (Å²) in [5, 5.41) is 8.17. The zero-order valence-electron chi connectivity index (χ0n) is 37.2. The van der Waals surface area contributed by atoms with Crippen molar-refractivity contribution in [1.82, 2.24) is 29.4 Å². The van der Waals surface area contributed by atoms with Gasteiger partial charge in [0.2, 0.25) is 0 Å². The molecule has 1 atom stereocenters. The third-order valence-corrected chi connectivity index (χ3v) is 13.6. The molecule has 5 heterocycles. The summed E-state index contributed by atoms with van der Waals surface area (Å²) in [7, 11) is 0. The van der Waals surface area contributed by atoms with Gasteiger partial charge in [-0.15, -0.1) is 0 Å². The Balaban J connectivity index is 0.981. The summed E-state index contributed by atoms with van der Waals surface area (Å²) in [6, 6.07) is 66.1. The van der Waals surface area contributed by atoms with Crippen LogP contribution in [-0.2, 0) is 0 Å². The molecule has 0 saturated carbocycles. The first-order valence-corrected chi connectivity index (χ1v) is 23.3.